The number of carbonyl (C=O) groups excluding carboxylic acids is 2. The van der Waals surface area contributed by atoms with E-state index in [-0.39, 0.29) is 11.8 Å². The average molecular weight is 381 g/mol. The molecule has 6 heteroatoms. The lowest BCUT2D eigenvalue weighted by Gasteiger charge is -2.18. The van der Waals surface area contributed by atoms with Crippen molar-refractivity contribution in [3.05, 3.63) is 32.4 Å². The highest BCUT2D eigenvalue weighted by Gasteiger charge is 2.18. The normalized spacial score (nSPS) is 11.8. The number of likely N-dealkylation sites (N-methyl/N-ethyl adjacent to an activating group) is 1. The second kappa shape index (κ2) is 6.38. The summed E-state index contributed by atoms with van der Waals surface area (Å²) in [6.45, 7) is 1.65. The Labute approximate surface area is 125 Å². The molecule has 0 aliphatic heterocycles. The Morgan fingerprint density at radius 3 is 2.50 bits per heavy atom. The van der Waals surface area contributed by atoms with Crippen molar-refractivity contribution in [1.82, 2.24) is 10.2 Å². The maximum atomic E-state index is 11.9. The van der Waals surface area contributed by atoms with Crippen molar-refractivity contribution >= 4 is 46.0 Å². The van der Waals surface area contributed by atoms with E-state index in [2.05, 4.69) is 27.9 Å². The van der Waals surface area contributed by atoms with Crippen LogP contribution in [0.1, 0.15) is 17.3 Å². The highest BCUT2D eigenvalue weighted by Crippen LogP contribution is 2.19. The fourth-order valence-electron chi connectivity index (χ4n) is 1.37. The molecule has 0 heterocycles. The van der Waals surface area contributed by atoms with Crippen LogP contribution in [0.15, 0.2) is 18.2 Å². The van der Waals surface area contributed by atoms with Crippen LogP contribution in [0.2, 0.25) is 5.02 Å². The molecule has 1 aromatic carbocycles. The van der Waals surface area contributed by atoms with Gasteiger partial charge in [-0.15, -0.1) is 0 Å². The van der Waals surface area contributed by atoms with E-state index in [4.69, 9.17) is 11.6 Å². The molecular weight excluding hydrogens is 367 g/mol. The summed E-state index contributed by atoms with van der Waals surface area (Å²) in [6.07, 6.45) is 0. The van der Waals surface area contributed by atoms with Gasteiger partial charge in [-0.2, -0.15) is 0 Å². The maximum Gasteiger partial charge on any atom is 0.251 e. The molecule has 18 heavy (non-hydrogen) atoms. The van der Waals surface area contributed by atoms with Crippen molar-refractivity contribution in [2.45, 2.75) is 13.0 Å². The first-order chi connectivity index (χ1) is 8.32. The summed E-state index contributed by atoms with van der Waals surface area (Å²) in [5.74, 6) is -0.431. The van der Waals surface area contributed by atoms with Crippen LogP contribution in [0.3, 0.4) is 0 Å². The lowest BCUT2D eigenvalue weighted by Crippen LogP contribution is -2.44. The number of carbonyl (C=O) groups is 2. The number of rotatable bonds is 3. The molecule has 0 spiro atoms. The van der Waals surface area contributed by atoms with Crippen molar-refractivity contribution in [3.63, 3.8) is 0 Å². The average Bonchev–Trinajstić information content (AvgIpc) is 2.31. The van der Waals surface area contributed by atoms with Crippen LogP contribution in [0.5, 0.6) is 0 Å². The monoisotopic (exact) mass is 380 g/mol. The Morgan fingerprint density at radius 2 is 2.00 bits per heavy atom. The van der Waals surface area contributed by atoms with Gasteiger partial charge in [0.15, 0.2) is 0 Å². The Kier molecular flexibility index (Phi) is 5.40. The highest BCUT2D eigenvalue weighted by atomic mass is 127. The Balaban J connectivity index is 2.76. The van der Waals surface area contributed by atoms with Gasteiger partial charge in [-0.1, -0.05) is 11.6 Å². The molecule has 0 saturated carbocycles. The molecule has 1 unspecified atom stereocenters. The van der Waals surface area contributed by atoms with E-state index >= 15 is 0 Å². The van der Waals surface area contributed by atoms with Crippen molar-refractivity contribution in [1.29, 1.82) is 0 Å². The fourth-order valence-corrected chi connectivity index (χ4v) is 2.00. The number of nitrogens with one attached hydrogen (secondary N) is 1. The van der Waals surface area contributed by atoms with E-state index < -0.39 is 6.04 Å². The molecule has 2 amide bonds. The number of benzene rings is 1. The van der Waals surface area contributed by atoms with Crippen LogP contribution in [0.4, 0.5) is 0 Å². The van der Waals surface area contributed by atoms with Gasteiger partial charge in [0.25, 0.3) is 5.91 Å². The number of nitrogens with zero attached hydrogens (tertiary/aromatic N) is 1. The van der Waals surface area contributed by atoms with Crippen LogP contribution >= 0.6 is 34.2 Å². The van der Waals surface area contributed by atoms with E-state index in [1.54, 1.807) is 39.2 Å². The molecule has 0 saturated heterocycles. The highest BCUT2D eigenvalue weighted by molar-refractivity contribution is 14.1. The van der Waals surface area contributed by atoms with Gasteiger partial charge in [-0.25, -0.2) is 0 Å². The molecule has 0 aromatic heterocycles. The Hall–Kier alpha value is -0.820. The van der Waals surface area contributed by atoms with Gasteiger partial charge >= 0.3 is 0 Å². The molecule has 1 atom stereocenters. The van der Waals surface area contributed by atoms with Gasteiger partial charge in [-0.3, -0.25) is 9.59 Å². The summed E-state index contributed by atoms with van der Waals surface area (Å²) >= 11 is 7.94. The minimum atomic E-state index is -0.555. The molecule has 0 aliphatic rings. The number of halogens is 2. The van der Waals surface area contributed by atoms with Crippen LogP contribution in [0, 0.1) is 3.57 Å². The van der Waals surface area contributed by atoms with Crippen LogP contribution in [-0.2, 0) is 4.79 Å². The number of hydrogen-bond acceptors (Lipinski definition) is 2. The van der Waals surface area contributed by atoms with Gasteiger partial charge in [0.1, 0.15) is 6.04 Å². The first-order valence-electron chi connectivity index (χ1n) is 5.30. The minimum Gasteiger partial charge on any atom is -0.347 e. The molecular formula is C12H14ClIN2O2. The zero-order valence-electron chi connectivity index (χ0n) is 10.3. The molecule has 0 fully saturated rings. The predicted molar refractivity (Wildman–Crippen MR) is 79.8 cm³/mol. The van der Waals surface area contributed by atoms with E-state index in [1.165, 1.54) is 4.90 Å². The molecule has 4 nitrogen and oxygen atoms in total. The quantitative estimate of drug-likeness (QED) is 0.817. The maximum absolute atomic E-state index is 11.9. The Bertz CT molecular complexity index is 477. The lowest BCUT2D eigenvalue weighted by molar-refractivity contribution is -0.130. The topological polar surface area (TPSA) is 49.4 Å². The first kappa shape index (κ1) is 15.2. The fraction of sp³-hybridized carbons (Fsp3) is 0.333. The summed E-state index contributed by atoms with van der Waals surface area (Å²) < 4.78 is 0.800. The number of hydrogen-bond donors (Lipinski definition) is 1. The third kappa shape index (κ3) is 3.84. The van der Waals surface area contributed by atoms with E-state index in [0.717, 1.165) is 3.57 Å². The van der Waals surface area contributed by atoms with Crippen molar-refractivity contribution < 1.29 is 9.59 Å². The summed E-state index contributed by atoms with van der Waals surface area (Å²) in [7, 11) is 3.30. The van der Waals surface area contributed by atoms with E-state index in [1.807, 2.05) is 0 Å². The van der Waals surface area contributed by atoms with Crippen molar-refractivity contribution in [2.24, 2.45) is 0 Å². The molecule has 1 aromatic rings. The Morgan fingerprint density at radius 1 is 1.39 bits per heavy atom. The lowest BCUT2D eigenvalue weighted by atomic mass is 10.2. The van der Waals surface area contributed by atoms with Crippen molar-refractivity contribution in [3.8, 4) is 0 Å². The van der Waals surface area contributed by atoms with Crippen LogP contribution in [-0.4, -0.2) is 36.9 Å². The second-order valence-corrected chi connectivity index (χ2v) is 5.63. The van der Waals surface area contributed by atoms with Gasteiger partial charge in [-0.05, 0) is 47.7 Å². The SMILES string of the molecule is CC(NC(=O)c1ccc(Cl)c(I)c1)C(=O)N(C)C. The second-order valence-electron chi connectivity index (χ2n) is 4.06. The summed E-state index contributed by atoms with van der Waals surface area (Å²) in [6, 6.07) is 4.43. The van der Waals surface area contributed by atoms with Crippen LogP contribution in [0.25, 0.3) is 0 Å². The molecule has 1 rings (SSSR count). The largest absolute Gasteiger partial charge is 0.347 e. The summed E-state index contributed by atoms with van der Waals surface area (Å²) in [5.41, 5.74) is 0.488. The third-order valence-corrected chi connectivity index (χ3v) is 3.88. The van der Waals surface area contributed by atoms with Crippen molar-refractivity contribution in [2.75, 3.05) is 14.1 Å². The molecule has 1 N–H and O–H groups in total. The van der Waals surface area contributed by atoms with Gasteiger partial charge in [0.05, 0.1) is 5.02 Å². The van der Waals surface area contributed by atoms with E-state index in [9.17, 15) is 9.59 Å². The zero-order valence-corrected chi connectivity index (χ0v) is 13.2. The summed E-state index contributed by atoms with van der Waals surface area (Å²) in [5, 5.41) is 3.25. The van der Waals surface area contributed by atoms with Gasteiger partial charge < -0.3 is 10.2 Å². The molecule has 0 bridgehead atoms. The summed E-state index contributed by atoms with van der Waals surface area (Å²) in [4.78, 5) is 25.0. The van der Waals surface area contributed by atoms with E-state index in [0.29, 0.717) is 10.6 Å². The number of amides is 2. The zero-order chi connectivity index (χ0) is 13.9. The standard InChI is InChI=1S/C12H14ClIN2O2/c1-7(12(18)16(2)3)15-11(17)8-4-5-9(13)10(14)6-8/h4-7H,1-3H3,(H,15,17). The third-order valence-electron chi connectivity index (χ3n) is 2.34. The van der Waals surface area contributed by atoms with Gasteiger partial charge in [0.2, 0.25) is 5.91 Å². The molecule has 98 valence electrons. The first-order valence-corrected chi connectivity index (χ1v) is 6.75. The van der Waals surface area contributed by atoms with Crippen LogP contribution < -0.4 is 5.32 Å². The van der Waals surface area contributed by atoms with Gasteiger partial charge in [0, 0.05) is 23.2 Å². The predicted octanol–water partition coefficient (Wildman–Crippen LogP) is 2.15. The molecule has 0 radical (unpaired) electrons. The molecule has 0 aliphatic carbocycles. The minimum absolute atomic E-state index is 0.146. The smallest absolute Gasteiger partial charge is 0.251 e.